The molecule has 160 valence electrons. The lowest BCUT2D eigenvalue weighted by molar-refractivity contribution is 0.0702. The summed E-state index contributed by atoms with van der Waals surface area (Å²) >= 11 is 0. The van der Waals surface area contributed by atoms with Crippen molar-refractivity contribution in [3.05, 3.63) is 29.8 Å². The molecule has 2 rings (SSSR count). The van der Waals surface area contributed by atoms with Gasteiger partial charge in [-0.1, -0.05) is 0 Å². The van der Waals surface area contributed by atoms with E-state index in [1.54, 1.807) is 7.11 Å². The van der Waals surface area contributed by atoms with Gasteiger partial charge in [0.15, 0.2) is 5.96 Å². The number of rotatable bonds is 10. The highest BCUT2D eigenvalue weighted by molar-refractivity contribution is 14.0. The Balaban J connectivity index is 0.00000392. The van der Waals surface area contributed by atoms with Gasteiger partial charge in [0.2, 0.25) is 0 Å². The molecular formula is C19H31F2IN4O2. The SMILES string of the molecule is CCNC(=NCCCOCCOC)NC1CCN(c2ccc(F)cc2F)C1.I. The zero-order valence-corrected chi connectivity index (χ0v) is 18.9. The zero-order valence-electron chi connectivity index (χ0n) is 16.5. The number of nitrogens with one attached hydrogen (secondary N) is 2. The van der Waals surface area contributed by atoms with Crippen molar-refractivity contribution in [1.29, 1.82) is 0 Å². The zero-order chi connectivity index (χ0) is 19.5. The first-order valence-corrected chi connectivity index (χ1v) is 9.45. The van der Waals surface area contributed by atoms with Crippen LogP contribution in [0.25, 0.3) is 0 Å². The highest BCUT2D eigenvalue weighted by Gasteiger charge is 2.25. The van der Waals surface area contributed by atoms with Crippen molar-refractivity contribution in [2.24, 2.45) is 4.99 Å². The number of aliphatic imine (C=N–C) groups is 1. The van der Waals surface area contributed by atoms with Crippen LogP contribution in [0.4, 0.5) is 14.5 Å². The predicted octanol–water partition coefficient (Wildman–Crippen LogP) is 2.77. The summed E-state index contributed by atoms with van der Waals surface area (Å²) < 4.78 is 37.4. The van der Waals surface area contributed by atoms with Crippen LogP contribution < -0.4 is 15.5 Å². The Labute approximate surface area is 183 Å². The van der Waals surface area contributed by atoms with E-state index >= 15 is 0 Å². The summed E-state index contributed by atoms with van der Waals surface area (Å²) in [6.07, 6.45) is 1.69. The molecule has 1 aromatic carbocycles. The number of benzene rings is 1. The number of hydrogen-bond donors (Lipinski definition) is 2. The van der Waals surface area contributed by atoms with Gasteiger partial charge >= 0.3 is 0 Å². The predicted molar refractivity (Wildman–Crippen MR) is 119 cm³/mol. The Morgan fingerprint density at radius 1 is 1.29 bits per heavy atom. The quantitative estimate of drug-likeness (QED) is 0.219. The summed E-state index contributed by atoms with van der Waals surface area (Å²) in [6.45, 7) is 6.63. The van der Waals surface area contributed by atoms with Crippen LogP contribution in [-0.2, 0) is 9.47 Å². The van der Waals surface area contributed by atoms with E-state index in [-0.39, 0.29) is 30.0 Å². The number of ether oxygens (including phenoxy) is 2. The molecule has 1 aromatic rings. The molecule has 1 saturated heterocycles. The van der Waals surface area contributed by atoms with E-state index in [4.69, 9.17) is 9.47 Å². The molecule has 1 atom stereocenters. The fourth-order valence-electron chi connectivity index (χ4n) is 2.95. The van der Waals surface area contributed by atoms with E-state index in [1.807, 2.05) is 11.8 Å². The van der Waals surface area contributed by atoms with E-state index < -0.39 is 11.6 Å². The minimum atomic E-state index is -0.558. The smallest absolute Gasteiger partial charge is 0.191 e. The van der Waals surface area contributed by atoms with Gasteiger partial charge < -0.3 is 25.0 Å². The highest BCUT2D eigenvalue weighted by Crippen LogP contribution is 2.24. The fourth-order valence-corrected chi connectivity index (χ4v) is 2.95. The third-order valence-corrected chi connectivity index (χ3v) is 4.27. The van der Waals surface area contributed by atoms with Gasteiger partial charge in [-0.25, -0.2) is 8.78 Å². The maximum Gasteiger partial charge on any atom is 0.191 e. The summed E-state index contributed by atoms with van der Waals surface area (Å²) in [5.41, 5.74) is 0.441. The fraction of sp³-hybridized carbons (Fsp3) is 0.632. The molecule has 1 fully saturated rings. The van der Waals surface area contributed by atoms with Crippen LogP contribution >= 0.6 is 24.0 Å². The second kappa shape index (κ2) is 13.9. The first kappa shape index (κ1) is 24.8. The number of anilines is 1. The molecule has 2 N–H and O–H groups in total. The number of hydrogen-bond acceptors (Lipinski definition) is 4. The number of halogens is 3. The van der Waals surface area contributed by atoms with E-state index in [2.05, 4.69) is 15.6 Å². The topological polar surface area (TPSA) is 58.1 Å². The molecule has 6 nitrogen and oxygen atoms in total. The monoisotopic (exact) mass is 512 g/mol. The maximum atomic E-state index is 14.0. The molecule has 1 aliphatic heterocycles. The summed E-state index contributed by atoms with van der Waals surface area (Å²) in [4.78, 5) is 6.49. The van der Waals surface area contributed by atoms with Crippen molar-refractivity contribution in [3.8, 4) is 0 Å². The third kappa shape index (κ3) is 8.44. The van der Waals surface area contributed by atoms with Crippen LogP contribution in [0.5, 0.6) is 0 Å². The van der Waals surface area contributed by atoms with Crippen LogP contribution in [-0.4, -0.2) is 65.1 Å². The van der Waals surface area contributed by atoms with E-state index in [1.165, 1.54) is 12.1 Å². The molecule has 0 spiro atoms. The number of methoxy groups -OCH3 is 1. The standard InChI is InChI=1S/C19H30F2N4O2.HI/c1-3-22-19(23-8-4-10-27-12-11-26-2)24-16-7-9-25(14-16)18-6-5-15(20)13-17(18)21;/h5-6,13,16H,3-4,7-12,14H2,1-2H3,(H2,22,23,24);1H. The first-order chi connectivity index (χ1) is 13.1. The minimum Gasteiger partial charge on any atom is -0.382 e. The van der Waals surface area contributed by atoms with Gasteiger partial charge in [-0.3, -0.25) is 4.99 Å². The van der Waals surface area contributed by atoms with E-state index in [9.17, 15) is 8.78 Å². The van der Waals surface area contributed by atoms with Gasteiger partial charge in [0.25, 0.3) is 0 Å². The van der Waals surface area contributed by atoms with Crippen molar-refractivity contribution >= 4 is 35.6 Å². The van der Waals surface area contributed by atoms with Crippen molar-refractivity contribution < 1.29 is 18.3 Å². The minimum absolute atomic E-state index is 0. The third-order valence-electron chi connectivity index (χ3n) is 4.27. The number of nitrogens with zero attached hydrogens (tertiary/aromatic N) is 2. The lowest BCUT2D eigenvalue weighted by atomic mass is 10.2. The van der Waals surface area contributed by atoms with Gasteiger partial charge in [0.1, 0.15) is 11.6 Å². The molecular weight excluding hydrogens is 481 g/mol. The lowest BCUT2D eigenvalue weighted by Gasteiger charge is -2.21. The Morgan fingerprint density at radius 3 is 2.82 bits per heavy atom. The van der Waals surface area contributed by atoms with Crippen LogP contribution in [0, 0.1) is 11.6 Å². The van der Waals surface area contributed by atoms with Crippen LogP contribution in [0.3, 0.4) is 0 Å². The second-order valence-electron chi connectivity index (χ2n) is 6.39. The van der Waals surface area contributed by atoms with Gasteiger partial charge in [-0.15, -0.1) is 24.0 Å². The van der Waals surface area contributed by atoms with Crippen LogP contribution in [0.15, 0.2) is 23.2 Å². The normalized spacial score (nSPS) is 16.8. The molecule has 0 radical (unpaired) electrons. The molecule has 9 heteroatoms. The molecule has 1 heterocycles. The first-order valence-electron chi connectivity index (χ1n) is 9.45. The lowest BCUT2D eigenvalue weighted by Crippen LogP contribution is -2.44. The van der Waals surface area contributed by atoms with Crippen LogP contribution in [0.2, 0.25) is 0 Å². The van der Waals surface area contributed by atoms with E-state index in [0.29, 0.717) is 45.1 Å². The maximum absolute atomic E-state index is 14.0. The summed E-state index contributed by atoms with van der Waals surface area (Å²) in [5, 5.41) is 6.63. The molecule has 1 unspecified atom stereocenters. The van der Waals surface area contributed by atoms with Crippen LogP contribution in [0.1, 0.15) is 19.8 Å². The molecule has 0 amide bonds. The summed E-state index contributed by atoms with van der Waals surface area (Å²) in [5.74, 6) is -0.330. The van der Waals surface area contributed by atoms with Gasteiger partial charge in [0.05, 0.1) is 18.9 Å². The van der Waals surface area contributed by atoms with Crippen molar-refractivity contribution in [2.45, 2.75) is 25.8 Å². The molecule has 0 saturated carbocycles. The Kier molecular flexibility index (Phi) is 12.3. The molecule has 0 aliphatic carbocycles. The molecule has 0 aromatic heterocycles. The largest absolute Gasteiger partial charge is 0.382 e. The average Bonchev–Trinajstić information content (AvgIpc) is 3.09. The van der Waals surface area contributed by atoms with Crippen molar-refractivity contribution in [2.75, 3.05) is 58.0 Å². The average molecular weight is 512 g/mol. The van der Waals surface area contributed by atoms with Gasteiger partial charge in [-0.05, 0) is 31.9 Å². The number of guanidine groups is 1. The summed E-state index contributed by atoms with van der Waals surface area (Å²) in [7, 11) is 1.65. The molecule has 0 bridgehead atoms. The second-order valence-corrected chi connectivity index (χ2v) is 6.39. The highest BCUT2D eigenvalue weighted by atomic mass is 127. The van der Waals surface area contributed by atoms with Gasteiger partial charge in [-0.2, -0.15) is 0 Å². The van der Waals surface area contributed by atoms with Crippen molar-refractivity contribution in [1.82, 2.24) is 10.6 Å². The molecule has 28 heavy (non-hydrogen) atoms. The van der Waals surface area contributed by atoms with Gasteiger partial charge in [0, 0.05) is 52.0 Å². The Morgan fingerprint density at radius 2 is 2.11 bits per heavy atom. The Hall–Kier alpha value is -1.20. The Bertz CT molecular complexity index is 607. The van der Waals surface area contributed by atoms with E-state index in [0.717, 1.165) is 31.4 Å². The summed E-state index contributed by atoms with van der Waals surface area (Å²) in [6, 6.07) is 3.87. The molecule has 1 aliphatic rings. The van der Waals surface area contributed by atoms with Crippen molar-refractivity contribution in [3.63, 3.8) is 0 Å².